The fraction of sp³-hybridized carbons (Fsp3) is 0.690. The van der Waals surface area contributed by atoms with Gasteiger partial charge in [0.05, 0.1) is 34.7 Å². The summed E-state index contributed by atoms with van der Waals surface area (Å²) in [5.41, 5.74) is 1.02. The van der Waals surface area contributed by atoms with Crippen LogP contribution in [0.4, 0.5) is 0 Å². The molecule has 1 aliphatic rings. The van der Waals surface area contributed by atoms with E-state index >= 15 is 0 Å². The number of ketones is 1. The van der Waals surface area contributed by atoms with Crippen LogP contribution in [0.3, 0.4) is 0 Å². The highest BCUT2D eigenvalue weighted by molar-refractivity contribution is 7.09. The number of aryl methyl sites for hydroxylation is 1. The summed E-state index contributed by atoms with van der Waals surface area (Å²) in [4.78, 5) is 39.2. The van der Waals surface area contributed by atoms with Crippen molar-refractivity contribution in [1.82, 2.24) is 10.3 Å². The molecule has 2 N–H and O–H groups in total. The van der Waals surface area contributed by atoms with Gasteiger partial charge in [-0.1, -0.05) is 53.9 Å². The van der Waals surface area contributed by atoms with E-state index in [1.807, 2.05) is 32.2 Å². The summed E-state index contributed by atoms with van der Waals surface area (Å²) in [6, 6.07) is -0.112. The van der Waals surface area contributed by atoms with Gasteiger partial charge in [-0.25, -0.2) is 9.78 Å². The Labute approximate surface area is 221 Å². The number of hydrogen-bond donors (Lipinski definition) is 2. The maximum Gasteiger partial charge on any atom is 0.223 e. The number of nitrogens with zero attached hydrogens (tertiary/aromatic N) is 1. The molecule has 2 heterocycles. The Kier molecular flexibility index (Phi) is 13.5. The molecule has 0 aromatic carbocycles. The van der Waals surface area contributed by atoms with Crippen molar-refractivity contribution in [3.05, 3.63) is 28.2 Å². The van der Waals surface area contributed by atoms with Crippen molar-refractivity contribution in [1.29, 1.82) is 0 Å². The Morgan fingerprint density at radius 1 is 1.19 bits per heavy atom. The molecule has 1 aromatic heterocycles. The van der Waals surface area contributed by atoms with Gasteiger partial charge in [0.25, 0.3) is 0 Å². The van der Waals surface area contributed by atoms with Crippen molar-refractivity contribution in [3.8, 4) is 0 Å². The summed E-state index contributed by atoms with van der Waals surface area (Å²) in [6.45, 7) is 16.7. The molecule has 1 aromatic rings. The molecule has 1 saturated heterocycles. The lowest BCUT2D eigenvalue weighted by Gasteiger charge is -2.33. The van der Waals surface area contributed by atoms with Gasteiger partial charge in [0.2, 0.25) is 5.91 Å². The molecule has 36 heavy (non-hydrogen) atoms. The number of aliphatic hydroxyl groups excluding tert-OH is 1. The molecule has 1 aliphatic heterocycles. The maximum absolute atomic E-state index is 13.1. The van der Waals surface area contributed by atoms with Crippen LogP contribution in [0.5, 0.6) is 0 Å². The average molecular weight is 519 g/mol. The third-order valence-electron chi connectivity index (χ3n) is 7.29. The van der Waals surface area contributed by atoms with E-state index in [4.69, 9.17) is 4.79 Å². The molecule has 0 aliphatic carbocycles. The summed E-state index contributed by atoms with van der Waals surface area (Å²) in [7, 11) is 0. The van der Waals surface area contributed by atoms with Crippen LogP contribution in [0.2, 0.25) is 0 Å². The quantitative estimate of drug-likeness (QED) is 0.472. The predicted molar refractivity (Wildman–Crippen MR) is 148 cm³/mol. The SMILES string of the molecule is C/C(=C\c1csc(C)n1)[C@@H]1CC[C@@H](C)CCC[C@H](C)C[C@@H](C)C(=O)C(C)(C)[C@@H](O)CC(=O)N1.C=C=O. The minimum atomic E-state index is -1.01. The fourth-order valence-electron chi connectivity index (χ4n) is 4.92. The van der Waals surface area contributed by atoms with Gasteiger partial charge in [-0.05, 0) is 63.2 Å². The first-order valence-electron chi connectivity index (χ1n) is 13.1. The second-order valence-electron chi connectivity index (χ2n) is 11.1. The zero-order valence-corrected chi connectivity index (χ0v) is 24.0. The number of hydrogen-bond acceptors (Lipinski definition) is 6. The number of Topliss-reactive ketones (excluding diaryl/α,β-unsaturated/α-hetero) is 1. The van der Waals surface area contributed by atoms with Crippen LogP contribution in [0, 0.1) is 30.1 Å². The largest absolute Gasteiger partial charge is 0.392 e. The number of thiazole rings is 1. The number of nitrogens with one attached hydrogen (secondary N) is 1. The molecule has 0 spiro atoms. The highest BCUT2D eigenvalue weighted by atomic mass is 32.1. The molecule has 1 amide bonds. The Bertz CT molecular complexity index is 914. The fourth-order valence-corrected chi connectivity index (χ4v) is 5.49. The second kappa shape index (κ2) is 15.2. The minimum Gasteiger partial charge on any atom is -0.392 e. The van der Waals surface area contributed by atoms with Crippen LogP contribution < -0.4 is 5.32 Å². The van der Waals surface area contributed by atoms with Crippen LogP contribution in [0.15, 0.2) is 17.5 Å². The van der Waals surface area contributed by atoms with Crippen LogP contribution in [0.25, 0.3) is 6.08 Å². The Hall–Kier alpha value is -2.08. The molecule has 2 rings (SSSR count). The first-order chi connectivity index (χ1) is 16.8. The van der Waals surface area contributed by atoms with Crippen molar-refractivity contribution in [2.75, 3.05) is 0 Å². The van der Waals surface area contributed by atoms with Gasteiger partial charge in [-0.2, -0.15) is 0 Å². The summed E-state index contributed by atoms with van der Waals surface area (Å²) in [5, 5.41) is 17.1. The van der Waals surface area contributed by atoms with Gasteiger partial charge in [-0.3, -0.25) is 9.59 Å². The number of aliphatic hydroxyl groups is 1. The molecule has 0 bridgehead atoms. The molecule has 0 radical (unpaired) electrons. The normalized spacial score (nSPS) is 28.9. The van der Waals surface area contributed by atoms with Crippen molar-refractivity contribution >= 4 is 35.0 Å². The van der Waals surface area contributed by atoms with Gasteiger partial charge in [0, 0.05) is 11.3 Å². The molecule has 6 nitrogen and oxygen atoms in total. The first-order valence-corrected chi connectivity index (χ1v) is 14.0. The van der Waals surface area contributed by atoms with Crippen LogP contribution in [-0.4, -0.2) is 39.9 Å². The predicted octanol–water partition coefficient (Wildman–Crippen LogP) is 5.95. The molecular weight excluding hydrogens is 472 g/mol. The van der Waals surface area contributed by atoms with Crippen molar-refractivity contribution < 1.29 is 19.5 Å². The van der Waals surface area contributed by atoms with Gasteiger partial charge >= 0.3 is 0 Å². The first kappa shape index (κ1) is 31.9. The average Bonchev–Trinajstić information content (AvgIpc) is 3.20. The van der Waals surface area contributed by atoms with Crippen LogP contribution in [-0.2, 0) is 14.4 Å². The lowest BCUT2D eigenvalue weighted by molar-refractivity contribution is -0.139. The van der Waals surface area contributed by atoms with E-state index < -0.39 is 11.5 Å². The van der Waals surface area contributed by atoms with E-state index in [9.17, 15) is 14.7 Å². The zero-order chi connectivity index (χ0) is 27.5. The third kappa shape index (κ3) is 10.5. The molecule has 1 fully saturated rings. The molecule has 5 atom stereocenters. The van der Waals surface area contributed by atoms with Gasteiger partial charge in [0.1, 0.15) is 11.7 Å². The van der Waals surface area contributed by atoms with Crippen LogP contribution >= 0.6 is 11.3 Å². The Balaban J connectivity index is 0.00000205. The van der Waals surface area contributed by atoms with E-state index in [1.165, 1.54) is 5.94 Å². The molecule has 0 saturated carbocycles. The zero-order valence-electron chi connectivity index (χ0n) is 23.2. The van der Waals surface area contributed by atoms with Gasteiger partial charge < -0.3 is 10.4 Å². The number of carbonyl (C=O) groups excluding carboxylic acids is 3. The van der Waals surface area contributed by atoms with Crippen molar-refractivity contribution in [2.45, 2.75) is 106 Å². The van der Waals surface area contributed by atoms with Crippen molar-refractivity contribution in [2.24, 2.45) is 23.2 Å². The Morgan fingerprint density at radius 3 is 2.39 bits per heavy atom. The van der Waals surface area contributed by atoms with E-state index in [2.05, 4.69) is 30.7 Å². The summed E-state index contributed by atoms with van der Waals surface area (Å²) in [6.07, 6.45) is 7.10. The minimum absolute atomic E-state index is 0.0432. The summed E-state index contributed by atoms with van der Waals surface area (Å²) < 4.78 is 0. The molecule has 0 unspecified atom stereocenters. The molecule has 202 valence electrons. The van der Waals surface area contributed by atoms with Gasteiger partial charge in [0.15, 0.2) is 0 Å². The highest BCUT2D eigenvalue weighted by Crippen LogP contribution is 2.32. The summed E-state index contributed by atoms with van der Waals surface area (Å²) in [5.74, 6) is 2.00. The van der Waals surface area contributed by atoms with E-state index in [0.29, 0.717) is 11.8 Å². The van der Waals surface area contributed by atoms with Crippen molar-refractivity contribution in [3.63, 3.8) is 0 Å². The lowest BCUT2D eigenvalue weighted by atomic mass is 9.74. The number of rotatable bonds is 2. The summed E-state index contributed by atoms with van der Waals surface area (Å²) >= 11 is 1.61. The van der Waals surface area contributed by atoms with E-state index in [-0.39, 0.29) is 30.1 Å². The third-order valence-corrected chi connectivity index (χ3v) is 8.08. The second-order valence-corrected chi connectivity index (χ2v) is 12.2. The monoisotopic (exact) mass is 518 g/mol. The molecule has 7 heteroatoms. The highest BCUT2D eigenvalue weighted by Gasteiger charge is 2.39. The van der Waals surface area contributed by atoms with E-state index in [0.717, 1.165) is 54.8 Å². The van der Waals surface area contributed by atoms with Crippen LogP contribution in [0.1, 0.15) is 97.2 Å². The lowest BCUT2D eigenvalue weighted by Crippen LogP contribution is -2.45. The number of amides is 1. The van der Waals surface area contributed by atoms with E-state index in [1.54, 1.807) is 25.2 Å². The topological polar surface area (TPSA) is 96.4 Å². The number of carbonyl (C=O) groups is 2. The number of aromatic nitrogens is 1. The Morgan fingerprint density at radius 2 is 1.81 bits per heavy atom. The smallest absolute Gasteiger partial charge is 0.223 e. The molecular formula is C29H46N2O4S. The van der Waals surface area contributed by atoms with Gasteiger partial charge in [-0.15, -0.1) is 11.3 Å². The standard InChI is InChI=1S/C27H44N2O3S.C2H2O/c1-17-9-8-10-18(2)13-20(4)26(32)27(6,7)24(30)15-25(31)29-23(12-11-17)19(3)14-22-16-33-21(5)28-22;1-2-3/h14,16-18,20,23-24,30H,8-13,15H2,1-7H3,(H,29,31);1H2/b19-14+;/t17-,18-,20+,23-,24-;/m0./s1. The maximum atomic E-state index is 13.1.